The highest BCUT2D eigenvalue weighted by atomic mass is 19.1. The van der Waals surface area contributed by atoms with Crippen molar-refractivity contribution in [2.75, 3.05) is 7.11 Å². The average molecular weight is 235 g/mol. The third-order valence-corrected chi connectivity index (χ3v) is 2.52. The van der Waals surface area contributed by atoms with Gasteiger partial charge in [-0.05, 0) is 30.7 Å². The lowest BCUT2D eigenvalue weighted by Gasteiger charge is -2.12. The first-order valence-corrected chi connectivity index (χ1v) is 5.26. The number of hydrogen-bond acceptors (Lipinski definition) is 3. The normalized spacial score (nSPS) is 12.5. The first-order valence-electron chi connectivity index (χ1n) is 5.26. The van der Waals surface area contributed by atoms with Gasteiger partial charge in [-0.25, -0.2) is 9.07 Å². The Balaban J connectivity index is 2.50. The van der Waals surface area contributed by atoms with Crippen molar-refractivity contribution in [3.63, 3.8) is 0 Å². The van der Waals surface area contributed by atoms with Crippen LogP contribution in [0.25, 0.3) is 5.69 Å². The molecule has 2 aromatic rings. The lowest BCUT2D eigenvalue weighted by molar-refractivity contribution is 0.414. The highest BCUT2D eigenvalue weighted by Crippen LogP contribution is 2.22. The van der Waals surface area contributed by atoms with Crippen LogP contribution in [0.1, 0.15) is 18.5 Å². The minimum Gasteiger partial charge on any atom is -0.493 e. The number of halogens is 1. The Bertz CT molecular complexity index is 522. The lowest BCUT2D eigenvalue weighted by atomic mass is 10.1. The van der Waals surface area contributed by atoms with Crippen molar-refractivity contribution >= 4 is 0 Å². The summed E-state index contributed by atoms with van der Waals surface area (Å²) in [5.41, 5.74) is 7.28. The standard InChI is InChI=1S/C12H14FN3O/c1-8(14)11-5-9(13)3-4-12(11)16-7-10(17-2)6-15-16/h3-8H,14H2,1-2H3/t8-/m1/s1. The second-order valence-electron chi connectivity index (χ2n) is 3.82. The number of ether oxygens (including phenoxy) is 1. The molecule has 17 heavy (non-hydrogen) atoms. The van der Waals surface area contributed by atoms with Crippen LogP contribution in [0.5, 0.6) is 5.75 Å². The van der Waals surface area contributed by atoms with Gasteiger partial charge in [-0.3, -0.25) is 0 Å². The van der Waals surface area contributed by atoms with Crippen molar-refractivity contribution < 1.29 is 9.13 Å². The molecule has 1 aromatic carbocycles. The highest BCUT2D eigenvalue weighted by molar-refractivity contribution is 5.43. The first-order chi connectivity index (χ1) is 8.11. The van der Waals surface area contributed by atoms with Gasteiger partial charge in [0, 0.05) is 6.04 Å². The Morgan fingerprint density at radius 3 is 2.82 bits per heavy atom. The predicted molar refractivity (Wildman–Crippen MR) is 62.7 cm³/mol. The third kappa shape index (κ3) is 2.29. The van der Waals surface area contributed by atoms with Gasteiger partial charge in [-0.2, -0.15) is 5.10 Å². The molecule has 0 amide bonds. The smallest absolute Gasteiger partial charge is 0.157 e. The number of benzene rings is 1. The van der Waals surface area contributed by atoms with E-state index in [4.69, 9.17) is 10.5 Å². The van der Waals surface area contributed by atoms with Gasteiger partial charge in [-0.15, -0.1) is 0 Å². The Kier molecular flexibility index (Phi) is 3.10. The molecule has 0 aliphatic carbocycles. The molecule has 0 saturated heterocycles. The highest BCUT2D eigenvalue weighted by Gasteiger charge is 2.11. The Hall–Kier alpha value is -1.88. The van der Waals surface area contributed by atoms with E-state index in [1.165, 1.54) is 12.1 Å². The molecule has 1 heterocycles. The summed E-state index contributed by atoms with van der Waals surface area (Å²) in [6.45, 7) is 1.80. The number of nitrogens with zero attached hydrogens (tertiary/aromatic N) is 2. The molecule has 2 rings (SSSR count). The molecule has 90 valence electrons. The fourth-order valence-electron chi connectivity index (χ4n) is 1.64. The van der Waals surface area contributed by atoms with Gasteiger partial charge < -0.3 is 10.5 Å². The van der Waals surface area contributed by atoms with Crippen LogP contribution in [0.2, 0.25) is 0 Å². The van der Waals surface area contributed by atoms with Gasteiger partial charge in [0.25, 0.3) is 0 Å². The van der Waals surface area contributed by atoms with Gasteiger partial charge in [0.1, 0.15) is 5.82 Å². The average Bonchev–Trinajstić information content (AvgIpc) is 2.77. The third-order valence-electron chi connectivity index (χ3n) is 2.52. The molecule has 0 aliphatic rings. The molecular formula is C12H14FN3O. The summed E-state index contributed by atoms with van der Waals surface area (Å²) in [7, 11) is 1.57. The summed E-state index contributed by atoms with van der Waals surface area (Å²) in [5.74, 6) is 0.338. The number of hydrogen-bond donors (Lipinski definition) is 1. The maximum atomic E-state index is 13.2. The number of aromatic nitrogens is 2. The quantitative estimate of drug-likeness (QED) is 0.885. The lowest BCUT2D eigenvalue weighted by Crippen LogP contribution is -2.10. The summed E-state index contributed by atoms with van der Waals surface area (Å²) in [6, 6.07) is 4.19. The Morgan fingerprint density at radius 1 is 1.47 bits per heavy atom. The Labute approximate surface area is 98.8 Å². The van der Waals surface area contributed by atoms with Crippen molar-refractivity contribution in [1.82, 2.24) is 9.78 Å². The van der Waals surface area contributed by atoms with Crippen LogP contribution in [-0.2, 0) is 0 Å². The van der Waals surface area contributed by atoms with Crippen molar-refractivity contribution in [3.8, 4) is 11.4 Å². The van der Waals surface area contributed by atoms with Crippen LogP contribution in [0.4, 0.5) is 4.39 Å². The molecule has 0 radical (unpaired) electrons. The maximum absolute atomic E-state index is 13.2. The largest absolute Gasteiger partial charge is 0.493 e. The second-order valence-corrected chi connectivity index (χ2v) is 3.82. The zero-order chi connectivity index (χ0) is 12.4. The van der Waals surface area contributed by atoms with E-state index in [2.05, 4.69) is 5.10 Å². The summed E-state index contributed by atoms with van der Waals surface area (Å²) in [5, 5.41) is 4.14. The predicted octanol–water partition coefficient (Wildman–Crippen LogP) is 2.04. The molecule has 0 spiro atoms. The molecular weight excluding hydrogens is 221 g/mol. The molecule has 1 atom stereocenters. The summed E-state index contributed by atoms with van der Waals surface area (Å²) < 4.78 is 19.9. The minimum absolute atomic E-state index is 0.268. The molecule has 0 aliphatic heterocycles. The van der Waals surface area contributed by atoms with Gasteiger partial charge in [0.15, 0.2) is 5.75 Å². The maximum Gasteiger partial charge on any atom is 0.157 e. The van der Waals surface area contributed by atoms with Crippen LogP contribution in [0.15, 0.2) is 30.6 Å². The van der Waals surface area contributed by atoms with E-state index >= 15 is 0 Å². The van der Waals surface area contributed by atoms with Gasteiger partial charge in [0.05, 0.1) is 25.2 Å². The van der Waals surface area contributed by atoms with E-state index in [1.807, 2.05) is 0 Å². The van der Waals surface area contributed by atoms with Crippen LogP contribution in [0, 0.1) is 5.82 Å². The van der Waals surface area contributed by atoms with E-state index in [-0.39, 0.29) is 11.9 Å². The SMILES string of the molecule is COc1cnn(-c2ccc(F)cc2[C@@H](C)N)c1. The van der Waals surface area contributed by atoms with Crippen molar-refractivity contribution in [2.45, 2.75) is 13.0 Å². The molecule has 4 nitrogen and oxygen atoms in total. The molecule has 2 N–H and O–H groups in total. The molecule has 0 saturated carbocycles. The van der Waals surface area contributed by atoms with Crippen LogP contribution in [0.3, 0.4) is 0 Å². The second kappa shape index (κ2) is 4.55. The number of nitrogens with two attached hydrogens (primary N) is 1. The van der Waals surface area contributed by atoms with Crippen molar-refractivity contribution in [1.29, 1.82) is 0 Å². The van der Waals surface area contributed by atoms with Crippen LogP contribution in [-0.4, -0.2) is 16.9 Å². The zero-order valence-corrected chi connectivity index (χ0v) is 9.72. The molecule has 0 fully saturated rings. The van der Waals surface area contributed by atoms with E-state index in [9.17, 15) is 4.39 Å². The summed E-state index contributed by atoms with van der Waals surface area (Å²) in [6.07, 6.45) is 3.31. The molecule has 5 heteroatoms. The number of methoxy groups -OCH3 is 1. The fraction of sp³-hybridized carbons (Fsp3) is 0.250. The van der Waals surface area contributed by atoms with Crippen LogP contribution < -0.4 is 10.5 Å². The summed E-state index contributed by atoms with van der Waals surface area (Å²) >= 11 is 0. The van der Waals surface area contributed by atoms with Crippen molar-refractivity contribution in [3.05, 3.63) is 42.0 Å². The van der Waals surface area contributed by atoms with E-state index in [1.54, 1.807) is 37.2 Å². The van der Waals surface area contributed by atoms with E-state index in [0.29, 0.717) is 11.3 Å². The van der Waals surface area contributed by atoms with E-state index in [0.717, 1.165) is 5.69 Å². The Morgan fingerprint density at radius 2 is 2.24 bits per heavy atom. The van der Waals surface area contributed by atoms with Gasteiger partial charge >= 0.3 is 0 Å². The monoisotopic (exact) mass is 235 g/mol. The van der Waals surface area contributed by atoms with Gasteiger partial charge in [0.2, 0.25) is 0 Å². The summed E-state index contributed by atoms with van der Waals surface area (Å²) in [4.78, 5) is 0. The molecule has 0 bridgehead atoms. The molecule has 1 aromatic heterocycles. The van der Waals surface area contributed by atoms with Gasteiger partial charge in [-0.1, -0.05) is 0 Å². The first kappa shape index (κ1) is 11.6. The number of rotatable bonds is 3. The van der Waals surface area contributed by atoms with Crippen molar-refractivity contribution in [2.24, 2.45) is 5.73 Å². The zero-order valence-electron chi connectivity index (χ0n) is 9.72. The topological polar surface area (TPSA) is 53.1 Å². The minimum atomic E-state index is -0.305. The van der Waals surface area contributed by atoms with Crippen LogP contribution >= 0.6 is 0 Å². The van der Waals surface area contributed by atoms with E-state index < -0.39 is 0 Å². The fourth-order valence-corrected chi connectivity index (χ4v) is 1.64. The molecule has 0 unspecified atom stereocenters.